The van der Waals surface area contributed by atoms with Gasteiger partial charge in [-0.15, -0.1) is 0 Å². The second kappa shape index (κ2) is 6.73. The molecule has 0 aliphatic rings. The van der Waals surface area contributed by atoms with Crippen LogP contribution in [0.2, 0.25) is 0 Å². The molecule has 18 heavy (non-hydrogen) atoms. The molecule has 0 rings (SSSR count). The molecule has 0 bridgehead atoms. The Kier molecular flexibility index (Phi) is 6.32. The van der Waals surface area contributed by atoms with Gasteiger partial charge in [0.1, 0.15) is 6.54 Å². The Morgan fingerprint density at radius 3 is 1.78 bits per heavy atom. The van der Waals surface area contributed by atoms with Crippen LogP contribution in [0.1, 0.15) is 27.2 Å². The second-order valence-electron chi connectivity index (χ2n) is 5.99. The zero-order valence-corrected chi connectivity index (χ0v) is 12.8. The van der Waals surface area contributed by atoms with Gasteiger partial charge < -0.3 is 14.7 Å². The predicted octanol–water partition coefficient (Wildman–Crippen LogP) is 0.653. The molecule has 5 nitrogen and oxygen atoms in total. The second-order valence-corrected chi connectivity index (χ2v) is 5.99. The minimum atomic E-state index is -0.338. The maximum Gasteiger partial charge on any atom is 0.241 e. The molecule has 0 radical (unpaired) electrons. The molecule has 0 saturated heterocycles. The largest absolute Gasteiger partial charge is 0.347 e. The van der Waals surface area contributed by atoms with E-state index in [1.807, 2.05) is 39.8 Å². The Morgan fingerprint density at radius 1 is 0.944 bits per heavy atom. The highest BCUT2D eigenvalue weighted by Gasteiger charge is 2.28. The van der Waals surface area contributed by atoms with E-state index in [9.17, 15) is 9.59 Å². The van der Waals surface area contributed by atoms with Crippen molar-refractivity contribution in [2.45, 2.75) is 32.7 Å². The van der Waals surface area contributed by atoms with Crippen LogP contribution in [0, 0.1) is 0 Å². The molecule has 2 amide bonds. The van der Waals surface area contributed by atoms with E-state index in [1.165, 1.54) is 4.90 Å². The SMILES string of the molecule is CN(C)CCC(=O)N(CC(=O)N(C)C)C(C)(C)C. The third kappa shape index (κ3) is 6.00. The third-order valence-electron chi connectivity index (χ3n) is 2.68. The highest BCUT2D eigenvalue weighted by Crippen LogP contribution is 2.14. The maximum absolute atomic E-state index is 12.2. The predicted molar refractivity (Wildman–Crippen MR) is 73.3 cm³/mol. The summed E-state index contributed by atoms with van der Waals surface area (Å²) >= 11 is 0. The first-order valence-corrected chi connectivity index (χ1v) is 6.21. The summed E-state index contributed by atoms with van der Waals surface area (Å²) in [5.41, 5.74) is -0.338. The summed E-state index contributed by atoms with van der Waals surface area (Å²) in [6, 6.07) is 0. The summed E-state index contributed by atoms with van der Waals surface area (Å²) in [6.07, 6.45) is 0.435. The summed E-state index contributed by atoms with van der Waals surface area (Å²) in [4.78, 5) is 29.1. The Hall–Kier alpha value is -1.10. The molecule has 0 atom stereocenters. The van der Waals surface area contributed by atoms with Crippen molar-refractivity contribution in [1.82, 2.24) is 14.7 Å². The average molecular weight is 257 g/mol. The minimum Gasteiger partial charge on any atom is -0.347 e. The van der Waals surface area contributed by atoms with E-state index in [0.29, 0.717) is 13.0 Å². The zero-order valence-electron chi connectivity index (χ0n) is 12.8. The Labute approximate surface area is 111 Å². The highest BCUT2D eigenvalue weighted by atomic mass is 16.2. The number of carbonyl (C=O) groups excluding carboxylic acids is 2. The Balaban J connectivity index is 4.69. The molecular formula is C13H27N3O2. The van der Waals surface area contributed by atoms with Gasteiger partial charge in [0.25, 0.3) is 0 Å². The van der Waals surface area contributed by atoms with E-state index in [1.54, 1.807) is 19.0 Å². The van der Waals surface area contributed by atoms with E-state index in [-0.39, 0.29) is 23.9 Å². The fourth-order valence-corrected chi connectivity index (χ4v) is 1.43. The topological polar surface area (TPSA) is 43.9 Å². The van der Waals surface area contributed by atoms with Crippen LogP contribution in [0.4, 0.5) is 0 Å². The van der Waals surface area contributed by atoms with Gasteiger partial charge in [-0.05, 0) is 34.9 Å². The van der Waals surface area contributed by atoms with Crippen LogP contribution in [0.5, 0.6) is 0 Å². The first-order chi connectivity index (χ1) is 8.05. The first-order valence-electron chi connectivity index (χ1n) is 6.21. The van der Waals surface area contributed by atoms with E-state index < -0.39 is 0 Å². The van der Waals surface area contributed by atoms with Crippen LogP contribution in [0.3, 0.4) is 0 Å². The van der Waals surface area contributed by atoms with Crippen molar-refractivity contribution in [1.29, 1.82) is 0 Å². The number of likely N-dealkylation sites (N-methyl/N-ethyl adjacent to an activating group) is 1. The lowest BCUT2D eigenvalue weighted by Gasteiger charge is -2.36. The quantitative estimate of drug-likeness (QED) is 0.726. The van der Waals surface area contributed by atoms with E-state index in [0.717, 1.165) is 0 Å². The van der Waals surface area contributed by atoms with Crippen molar-refractivity contribution in [2.24, 2.45) is 0 Å². The molecule has 0 saturated carbocycles. The van der Waals surface area contributed by atoms with Crippen molar-refractivity contribution in [3.8, 4) is 0 Å². The van der Waals surface area contributed by atoms with Gasteiger partial charge in [-0.2, -0.15) is 0 Å². The normalized spacial score (nSPS) is 11.6. The van der Waals surface area contributed by atoms with Crippen molar-refractivity contribution in [2.75, 3.05) is 41.3 Å². The van der Waals surface area contributed by atoms with Gasteiger partial charge >= 0.3 is 0 Å². The van der Waals surface area contributed by atoms with Gasteiger partial charge in [-0.1, -0.05) is 0 Å². The van der Waals surface area contributed by atoms with Gasteiger partial charge in [0.2, 0.25) is 11.8 Å². The number of carbonyl (C=O) groups is 2. The molecule has 0 N–H and O–H groups in total. The van der Waals surface area contributed by atoms with Crippen molar-refractivity contribution in [3.63, 3.8) is 0 Å². The number of hydrogen-bond acceptors (Lipinski definition) is 3. The van der Waals surface area contributed by atoms with E-state index in [4.69, 9.17) is 0 Å². The number of hydrogen-bond donors (Lipinski definition) is 0. The molecule has 0 heterocycles. The monoisotopic (exact) mass is 257 g/mol. The van der Waals surface area contributed by atoms with Crippen LogP contribution < -0.4 is 0 Å². The van der Waals surface area contributed by atoms with Gasteiger partial charge in [-0.25, -0.2) is 0 Å². The van der Waals surface area contributed by atoms with Gasteiger partial charge in [0.05, 0.1) is 0 Å². The lowest BCUT2D eigenvalue weighted by molar-refractivity contribution is -0.143. The molecule has 0 aromatic rings. The molecule has 0 aliphatic carbocycles. The summed E-state index contributed by atoms with van der Waals surface area (Å²) in [7, 11) is 7.26. The minimum absolute atomic E-state index is 0.0198. The van der Waals surface area contributed by atoms with Crippen LogP contribution in [0.25, 0.3) is 0 Å². The standard InChI is InChI=1S/C13H27N3O2/c1-13(2,3)16(10-12(18)15(6)7)11(17)8-9-14(4)5/h8-10H2,1-7H3. The molecule has 5 heteroatoms. The van der Waals surface area contributed by atoms with Gasteiger partial charge in [-0.3, -0.25) is 9.59 Å². The molecule has 0 unspecified atom stereocenters. The number of amides is 2. The van der Waals surface area contributed by atoms with Crippen LogP contribution in [0.15, 0.2) is 0 Å². The summed E-state index contributed by atoms with van der Waals surface area (Å²) in [5, 5.41) is 0. The first kappa shape index (κ1) is 16.9. The molecule has 0 fully saturated rings. The highest BCUT2D eigenvalue weighted by molar-refractivity contribution is 5.85. The zero-order chi connectivity index (χ0) is 14.5. The molecule has 0 aliphatic heterocycles. The maximum atomic E-state index is 12.2. The fraction of sp³-hybridized carbons (Fsp3) is 0.846. The Bertz CT molecular complexity index is 293. The molecule has 0 aromatic heterocycles. The van der Waals surface area contributed by atoms with E-state index >= 15 is 0 Å². The fourth-order valence-electron chi connectivity index (χ4n) is 1.43. The summed E-state index contributed by atoms with van der Waals surface area (Å²) in [6.45, 7) is 6.68. The van der Waals surface area contributed by atoms with Gasteiger partial charge in [0, 0.05) is 32.6 Å². The molecule has 0 spiro atoms. The third-order valence-corrected chi connectivity index (χ3v) is 2.68. The van der Waals surface area contributed by atoms with Crippen LogP contribution >= 0.6 is 0 Å². The smallest absolute Gasteiger partial charge is 0.241 e. The van der Waals surface area contributed by atoms with Crippen LogP contribution in [-0.4, -0.2) is 73.3 Å². The van der Waals surface area contributed by atoms with Gasteiger partial charge in [0.15, 0.2) is 0 Å². The lowest BCUT2D eigenvalue weighted by Crippen LogP contribution is -2.50. The summed E-state index contributed by atoms with van der Waals surface area (Å²) < 4.78 is 0. The number of rotatable bonds is 5. The molecule has 0 aromatic carbocycles. The molecular weight excluding hydrogens is 230 g/mol. The Morgan fingerprint density at radius 2 is 1.44 bits per heavy atom. The lowest BCUT2D eigenvalue weighted by atomic mass is 10.1. The van der Waals surface area contributed by atoms with E-state index in [2.05, 4.69) is 0 Å². The van der Waals surface area contributed by atoms with Crippen LogP contribution in [-0.2, 0) is 9.59 Å². The van der Waals surface area contributed by atoms with Crippen molar-refractivity contribution >= 4 is 11.8 Å². The van der Waals surface area contributed by atoms with Crippen molar-refractivity contribution in [3.05, 3.63) is 0 Å². The van der Waals surface area contributed by atoms with Crippen molar-refractivity contribution < 1.29 is 9.59 Å². The number of nitrogens with zero attached hydrogens (tertiary/aromatic N) is 3. The summed E-state index contributed by atoms with van der Waals surface area (Å²) in [5.74, 6) is -0.0328. The molecule has 106 valence electrons. The average Bonchev–Trinajstić information content (AvgIpc) is 2.20.